The van der Waals surface area contributed by atoms with E-state index in [-0.39, 0.29) is 51.3 Å². The van der Waals surface area contributed by atoms with Gasteiger partial charge in [0, 0.05) is 17.2 Å². The number of hydrogen-bond donors (Lipinski definition) is 0. The van der Waals surface area contributed by atoms with Gasteiger partial charge in [0.1, 0.15) is 15.7 Å². The van der Waals surface area contributed by atoms with Gasteiger partial charge in [-0.15, -0.1) is 0 Å². The van der Waals surface area contributed by atoms with Crippen molar-refractivity contribution in [2.24, 2.45) is 0 Å². The Morgan fingerprint density at radius 1 is 0.960 bits per heavy atom. The summed E-state index contributed by atoms with van der Waals surface area (Å²) in [4.78, 5) is 34.7. The Morgan fingerprint density at radius 2 is 1.56 bits per heavy atom. The molecule has 0 unspecified atom stereocenters. The van der Waals surface area contributed by atoms with Crippen LogP contribution in [0.15, 0.2) is 35.2 Å². The quantitative estimate of drug-likeness (QED) is 0.236. The fourth-order valence-corrected chi connectivity index (χ4v) is 3.24. The van der Waals surface area contributed by atoms with E-state index < -0.39 is 42.8 Å². The van der Waals surface area contributed by atoms with Crippen molar-refractivity contribution in [2.45, 2.75) is 4.90 Å². The van der Waals surface area contributed by atoms with E-state index in [1.54, 1.807) is 0 Å². The van der Waals surface area contributed by atoms with E-state index in [1.165, 1.54) is 0 Å². The molecule has 0 amide bonds. The predicted octanol–water partition coefficient (Wildman–Crippen LogP) is -1.07. The van der Waals surface area contributed by atoms with Crippen LogP contribution in [0.1, 0.15) is 31.8 Å². The molecule has 3 rings (SSSR count). The second kappa shape index (κ2) is 6.60. The molecular formula is C14H5ClNNaO7S. The van der Waals surface area contributed by atoms with Gasteiger partial charge in [0.2, 0.25) is 5.78 Å². The SMILES string of the molecule is O=C1c2cc(S(=O)(=O)[O-])ccc2C(=O)c2c([N+](=O)[O-])ccc(Cl)c21.[Na+]. The molecule has 0 saturated carbocycles. The van der Waals surface area contributed by atoms with Crippen LogP contribution >= 0.6 is 11.6 Å². The Morgan fingerprint density at radius 3 is 2.12 bits per heavy atom. The molecule has 0 radical (unpaired) electrons. The molecule has 0 aromatic heterocycles. The normalized spacial score (nSPS) is 12.9. The third-order valence-corrected chi connectivity index (χ3v) is 4.70. The van der Waals surface area contributed by atoms with Gasteiger partial charge in [-0.2, -0.15) is 0 Å². The number of fused-ring (bicyclic) bond motifs is 2. The maximum Gasteiger partial charge on any atom is 1.00 e. The number of halogens is 1. The van der Waals surface area contributed by atoms with Gasteiger partial charge in [-0.1, -0.05) is 11.6 Å². The fraction of sp³-hybridized carbons (Fsp3) is 0. The molecule has 0 saturated heterocycles. The molecule has 0 aliphatic heterocycles. The molecule has 0 N–H and O–H groups in total. The zero-order valence-electron chi connectivity index (χ0n) is 12.5. The largest absolute Gasteiger partial charge is 1.00 e. The molecule has 0 fully saturated rings. The molecule has 2 aromatic carbocycles. The summed E-state index contributed by atoms with van der Waals surface area (Å²) in [7, 11) is -4.84. The number of nitrogens with zero attached hydrogens (tertiary/aromatic N) is 1. The molecule has 2 aromatic rings. The summed E-state index contributed by atoms with van der Waals surface area (Å²) in [5.41, 5.74) is -2.00. The van der Waals surface area contributed by atoms with Crippen LogP contribution in [0, 0.1) is 10.1 Å². The van der Waals surface area contributed by atoms with Gasteiger partial charge >= 0.3 is 29.6 Å². The van der Waals surface area contributed by atoms with Crippen LogP contribution in [-0.4, -0.2) is 29.5 Å². The van der Waals surface area contributed by atoms with Crippen LogP contribution in [-0.2, 0) is 10.1 Å². The van der Waals surface area contributed by atoms with Crippen LogP contribution in [0.25, 0.3) is 0 Å². The van der Waals surface area contributed by atoms with Crippen molar-refractivity contribution in [3.8, 4) is 0 Å². The van der Waals surface area contributed by atoms with E-state index in [9.17, 15) is 32.7 Å². The second-order valence-corrected chi connectivity index (χ2v) is 6.68. The molecule has 1 aliphatic rings. The van der Waals surface area contributed by atoms with Crippen molar-refractivity contribution in [2.75, 3.05) is 0 Å². The third kappa shape index (κ3) is 3.14. The van der Waals surface area contributed by atoms with Crippen LogP contribution in [0.5, 0.6) is 0 Å². The van der Waals surface area contributed by atoms with E-state index >= 15 is 0 Å². The van der Waals surface area contributed by atoms with Gasteiger partial charge in [0.25, 0.3) is 5.69 Å². The Hall–Kier alpha value is -1.62. The summed E-state index contributed by atoms with van der Waals surface area (Å²) < 4.78 is 33.3. The number of benzene rings is 2. The first-order chi connectivity index (χ1) is 11.1. The first kappa shape index (κ1) is 19.7. The van der Waals surface area contributed by atoms with Crippen LogP contribution in [0.4, 0.5) is 5.69 Å². The average Bonchev–Trinajstić information content (AvgIpc) is 2.50. The van der Waals surface area contributed by atoms with Crippen molar-refractivity contribution in [1.82, 2.24) is 0 Å². The van der Waals surface area contributed by atoms with E-state index in [4.69, 9.17) is 11.6 Å². The minimum absolute atomic E-state index is 0. The van der Waals surface area contributed by atoms with E-state index in [1.807, 2.05) is 0 Å². The first-order valence-electron chi connectivity index (χ1n) is 6.29. The summed E-state index contributed by atoms with van der Waals surface area (Å²) in [5, 5.41) is 10.9. The van der Waals surface area contributed by atoms with E-state index in [2.05, 4.69) is 0 Å². The molecule has 8 nitrogen and oxygen atoms in total. The third-order valence-electron chi connectivity index (χ3n) is 3.55. The first-order valence-corrected chi connectivity index (χ1v) is 8.08. The predicted molar refractivity (Wildman–Crippen MR) is 79.4 cm³/mol. The van der Waals surface area contributed by atoms with Crippen molar-refractivity contribution >= 4 is 39.0 Å². The van der Waals surface area contributed by atoms with Gasteiger partial charge in [-0.05, 0) is 24.3 Å². The zero-order chi connectivity index (χ0) is 17.8. The van der Waals surface area contributed by atoms with Crippen LogP contribution in [0.2, 0.25) is 5.02 Å². The zero-order valence-corrected chi connectivity index (χ0v) is 16.1. The number of carbonyl (C=O) groups is 2. The number of nitro benzene ring substituents is 1. The molecule has 0 spiro atoms. The van der Waals surface area contributed by atoms with Gasteiger partial charge in [0.05, 0.1) is 20.4 Å². The molecule has 122 valence electrons. The van der Waals surface area contributed by atoms with Gasteiger partial charge in [-0.25, -0.2) is 8.42 Å². The number of rotatable bonds is 2. The maximum absolute atomic E-state index is 12.6. The Kier molecular flexibility index (Phi) is 5.20. The molecule has 0 atom stereocenters. The summed E-state index contributed by atoms with van der Waals surface area (Å²) in [6, 6.07) is 4.73. The molecule has 0 heterocycles. The number of hydrogen-bond acceptors (Lipinski definition) is 7. The van der Waals surface area contributed by atoms with Crippen molar-refractivity contribution in [3.05, 3.63) is 67.7 Å². The minimum Gasteiger partial charge on any atom is -0.744 e. The van der Waals surface area contributed by atoms with Crippen molar-refractivity contribution < 1.29 is 57.0 Å². The Bertz CT molecular complexity index is 1070. The smallest absolute Gasteiger partial charge is 0.744 e. The number of carbonyl (C=O) groups excluding carboxylic acids is 2. The fourth-order valence-electron chi connectivity index (χ4n) is 2.50. The summed E-state index contributed by atoms with van der Waals surface area (Å²) >= 11 is 5.90. The summed E-state index contributed by atoms with van der Waals surface area (Å²) in [6.07, 6.45) is 0. The van der Waals surface area contributed by atoms with Crippen molar-refractivity contribution in [1.29, 1.82) is 0 Å². The Balaban J connectivity index is 0.00000225. The minimum atomic E-state index is -4.84. The molecule has 0 bridgehead atoms. The summed E-state index contributed by atoms with van der Waals surface area (Å²) in [5.74, 6) is -1.71. The van der Waals surface area contributed by atoms with Crippen molar-refractivity contribution in [3.63, 3.8) is 0 Å². The maximum atomic E-state index is 12.6. The van der Waals surface area contributed by atoms with E-state index in [0.717, 1.165) is 30.3 Å². The standard InChI is InChI=1S/C14H6ClNO7S.Na/c15-9-3-4-10(16(19)20)12-11(9)14(18)8-5-6(24(21,22)23)1-2-7(8)13(12)17;/h1-5H,(H,21,22,23);/q;+1/p-1. The monoisotopic (exact) mass is 389 g/mol. The summed E-state index contributed by atoms with van der Waals surface area (Å²) in [6.45, 7) is 0. The Labute approximate surface area is 168 Å². The van der Waals surface area contributed by atoms with Gasteiger partial charge in [0.15, 0.2) is 5.78 Å². The van der Waals surface area contributed by atoms with Crippen LogP contribution in [0.3, 0.4) is 0 Å². The van der Waals surface area contributed by atoms with Crippen LogP contribution < -0.4 is 29.6 Å². The van der Waals surface area contributed by atoms with Gasteiger partial charge < -0.3 is 4.55 Å². The molecule has 1 aliphatic carbocycles. The number of nitro groups is 1. The van der Waals surface area contributed by atoms with E-state index in [0.29, 0.717) is 0 Å². The molecular weight excluding hydrogens is 385 g/mol. The topological polar surface area (TPSA) is 134 Å². The van der Waals surface area contributed by atoms with Gasteiger partial charge in [-0.3, -0.25) is 19.7 Å². The number of ketones is 2. The average molecular weight is 390 g/mol. The molecule has 25 heavy (non-hydrogen) atoms. The second-order valence-electron chi connectivity index (χ2n) is 4.89. The molecule has 11 heteroatoms.